The molecular formula is C17H14BrClN2O4. The van der Waals surface area contributed by atoms with Crippen LogP contribution in [0.4, 0.5) is 0 Å². The summed E-state index contributed by atoms with van der Waals surface area (Å²) < 4.78 is 16.8. The summed E-state index contributed by atoms with van der Waals surface area (Å²) in [7, 11) is 0. The Bertz CT molecular complexity index is 842. The summed E-state index contributed by atoms with van der Waals surface area (Å²) in [5.41, 5.74) is 4.04. The van der Waals surface area contributed by atoms with Crippen LogP contribution in [0.5, 0.6) is 17.2 Å². The van der Waals surface area contributed by atoms with Gasteiger partial charge >= 0.3 is 0 Å². The van der Waals surface area contributed by atoms with Crippen molar-refractivity contribution >= 4 is 39.7 Å². The Morgan fingerprint density at radius 2 is 2.12 bits per heavy atom. The van der Waals surface area contributed by atoms with E-state index >= 15 is 0 Å². The number of fused-ring (bicyclic) bond motifs is 1. The van der Waals surface area contributed by atoms with Crippen molar-refractivity contribution in [1.29, 1.82) is 0 Å². The number of amides is 1. The standard InChI is InChI=1S/C17H14BrClN2O4/c1-10-4-12(2-3-14(10)19)23-8-17(22)21-20-7-11-5-15-16(6-13(11)18)25-9-24-15/h2-7H,8-9H2,1H3,(H,21,22)/b20-7+. The van der Waals surface area contributed by atoms with Crippen molar-refractivity contribution in [3.8, 4) is 17.2 Å². The van der Waals surface area contributed by atoms with Crippen molar-refractivity contribution in [3.05, 3.63) is 51.0 Å². The van der Waals surface area contributed by atoms with Gasteiger partial charge in [-0.2, -0.15) is 5.10 Å². The van der Waals surface area contributed by atoms with Gasteiger partial charge in [0.15, 0.2) is 18.1 Å². The van der Waals surface area contributed by atoms with E-state index in [9.17, 15) is 4.79 Å². The van der Waals surface area contributed by atoms with Gasteiger partial charge < -0.3 is 14.2 Å². The molecule has 1 heterocycles. The first-order valence-corrected chi connectivity index (χ1v) is 8.50. The zero-order valence-electron chi connectivity index (χ0n) is 13.2. The second kappa shape index (κ2) is 7.76. The number of aryl methyl sites for hydroxylation is 1. The largest absolute Gasteiger partial charge is 0.484 e. The second-order valence-corrected chi connectivity index (χ2v) is 6.48. The topological polar surface area (TPSA) is 69.2 Å². The summed E-state index contributed by atoms with van der Waals surface area (Å²) in [5.74, 6) is 1.50. The zero-order chi connectivity index (χ0) is 17.8. The predicted octanol–water partition coefficient (Wildman–Crippen LogP) is 3.67. The molecule has 130 valence electrons. The van der Waals surface area contributed by atoms with Gasteiger partial charge in [-0.3, -0.25) is 4.79 Å². The fraction of sp³-hybridized carbons (Fsp3) is 0.176. The minimum absolute atomic E-state index is 0.152. The number of halogens is 2. The summed E-state index contributed by atoms with van der Waals surface area (Å²) in [6.07, 6.45) is 1.51. The number of hydrazone groups is 1. The highest BCUT2D eigenvalue weighted by atomic mass is 79.9. The summed E-state index contributed by atoms with van der Waals surface area (Å²) in [6.45, 7) is 1.91. The van der Waals surface area contributed by atoms with Crippen LogP contribution in [-0.2, 0) is 4.79 Å². The van der Waals surface area contributed by atoms with Crippen molar-refractivity contribution in [1.82, 2.24) is 5.43 Å². The van der Waals surface area contributed by atoms with Crippen molar-refractivity contribution in [2.75, 3.05) is 13.4 Å². The Labute approximate surface area is 157 Å². The fourth-order valence-electron chi connectivity index (χ4n) is 2.09. The van der Waals surface area contributed by atoms with Crippen molar-refractivity contribution < 1.29 is 19.0 Å². The number of carbonyl (C=O) groups excluding carboxylic acids is 1. The molecule has 25 heavy (non-hydrogen) atoms. The molecule has 0 bridgehead atoms. The third-order valence-electron chi connectivity index (χ3n) is 3.38. The maximum Gasteiger partial charge on any atom is 0.277 e. The van der Waals surface area contributed by atoms with E-state index in [2.05, 4.69) is 26.5 Å². The van der Waals surface area contributed by atoms with Gasteiger partial charge in [0.1, 0.15) is 5.75 Å². The lowest BCUT2D eigenvalue weighted by atomic mass is 10.2. The highest BCUT2D eigenvalue weighted by molar-refractivity contribution is 9.10. The average Bonchev–Trinajstić information content (AvgIpc) is 3.03. The number of nitrogens with zero attached hydrogens (tertiary/aromatic N) is 1. The Balaban J connectivity index is 1.53. The molecule has 1 aliphatic rings. The molecule has 1 aliphatic heterocycles. The molecule has 0 saturated carbocycles. The Hall–Kier alpha value is -2.25. The summed E-state index contributed by atoms with van der Waals surface area (Å²) in [5, 5.41) is 4.57. The quantitative estimate of drug-likeness (QED) is 0.586. The Kier molecular flexibility index (Phi) is 5.45. The third kappa shape index (κ3) is 4.43. The van der Waals surface area contributed by atoms with Crippen LogP contribution >= 0.6 is 27.5 Å². The van der Waals surface area contributed by atoms with Crippen LogP contribution < -0.4 is 19.6 Å². The number of hydrogen-bond acceptors (Lipinski definition) is 5. The SMILES string of the molecule is Cc1cc(OCC(=O)N/N=C/c2cc3c(cc2Br)OCO3)ccc1Cl. The lowest BCUT2D eigenvalue weighted by molar-refractivity contribution is -0.123. The van der Waals surface area contributed by atoms with E-state index in [0.29, 0.717) is 22.3 Å². The molecule has 6 nitrogen and oxygen atoms in total. The Morgan fingerprint density at radius 1 is 1.36 bits per heavy atom. The van der Waals surface area contributed by atoms with E-state index in [0.717, 1.165) is 15.6 Å². The van der Waals surface area contributed by atoms with Crippen molar-refractivity contribution in [2.24, 2.45) is 5.10 Å². The fourth-order valence-corrected chi connectivity index (χ4v) is 2.64. The predicted molar refractivity (Wildman–Crippen MR) is 97.7 cm³/mol. The number of ether oxygens (including phenoxy) is 3. The van der Waals surface area contributed by atoms with Crippen LogP contribution in [0.1, 0.15) is 11.1 Å². The summed E-state index contributed by atoms with van der Waals surface area (Å²) in [6, 6.07) is 8.75. The first kappa shape index (κ1) is 17.6. The van der Waals surface area contributed by atoms with Gasteiger partial charge in [-0.15, -0.1) is 0 Å². The van der Waals surface area contributed by atoms with Crippen LogP contribution in [0.3, 0.4) is 0 Å². The average molecular weight is 426 g/mol. The van der Waals surface area contributed by atoms with Crippen molar-refractivity contribution in [3.63, 3.8) is 0 Å². The minimum atomic E-state index is -0.374. The molecule has 1 N–H and O–H groups in total. The number of carbonyl (C=O) groups is 1. The lowest BCUT2D eigenvalue weighted by Crippen LogP contribution is -2.24. The van der Waals surface area contributed by atoms with Crippen molar-refractivity contribution in [2.45, 2.75) is 6.92 Å². The van der Waals surface area contributed by atoms with Crippen LogP contribution in [0, 0.1) is 6.92 Å². The monoisotopic (exact) mass is 424 g/mol. The molecule has 0 unspecified atom stereocenters. The van der Waals surface area contributed by atoms with Crippen LogP contribution in [-0.4, -0.2) is 25.5 Å². The maximum atomic E-state index is 11.8. The summed E-state index contributed by atoms with van der Waals surface area (Å²) >= 11 is 9.36. The number of hydrogen-bond donors (Lipinski definition) is 1. The number of benzene rings is 2. The highest BCUT2D eigenvalue weighted by Gasteiger charge is 2.15. The molecule has 0 fully saturated rings. The van der Waals surface area contributed by atoms with E-state index in [4.69, 9.17) is 25.8 Å². The van der Waals surface area contributed by atoms with E-state index in [-0.39, 0.29) is 19.3 Å². The molecule has 8 heteroatoms. The first-order valence-electron chi connectivity index (χ1n) is 7.33. The van der Waals surface area contributed by atoms with E-state index in [1.165, 1.54) is 6.21 Å². The van der Waals surface area contributed by atoms with Crippen LogP contribution in [0.25, 0.3) is 0 Å². The second-order valence-electron chi connectivity index (χ2n) is 5.22. The third-order valence-corrected chi connectivity index (χ3v) is 4.49. The van der Waals surface area contributed by atoms with Crippen LogP contribution in [0.15, 0.2) is 39.9 Å². The molecular weight excluding hydrogens is 412 g/mol. The van der Waals surface area contributed by atoms with Gasteiger partial charge in [-0.1, -0.05) is 11.6 Å². The zero-order valence-corrected chi connectivity index (χ0v) is 15.6. The molecule has 0 spiro atoms. The molecule has 2 aromatic carbocycles. The van der Waals surface area contributed by atoms with E-state index in [1.807, 2.05) is 6.92 Å². The number of rotatable bonds is 5. The molecule has 0 aromatic heterocycles. The van der Waals surface area contributed by atoms with Gasteiger partial charge in [0.25, 0.3) is 5.91 Å². The van der Waals surface area contributed by atoms with Gasteiger partial charge in [0.2, 0.25) is 6.79 Å². The number of nitrogens with one attached hydrogen (secondary N) is 1. The highest BCUT2D eigenvalue weighted by Crippen LogP contribution is 2.36. The normalized spacial score (nSPS) is 12.4. The van der Waals surface area contributed by atoms with E-state index < -0.39 is 0 Å². The molecule has 0 atom stereocenters. The van der Waals surface area contributed by atoms with E-state index in [1.54, 1.807) is 30.3 Å². The maximum absolute atomic E-state index is 11.8. The smallest absolute Gasteiger partial charge is 0.277 e. The van der Waals surface area contributed by atoms with Gasteiger partial charge in [0.05, 0.1) is 6.21 Å². The Morgan fingerprint density at radius 3 is 2.88 bits per heavy atom. The molecule has 0 aliphatic carbocycles. The minimum Gasteiger partial charge on any atom is -0.484 e. The molecule has 0 radical (unpaired) electrons. The molecule has 1 amide bonds. The lowest BCUT2D eigenvalue weighted by Gasteiger charge is -2.06. The van der Waals surface area contributed by atoms with Gasteiger partial charge in [0, 0.05) is 15.1 Å². The van der Waals surface area contributed by atoms with Gasteiger partial charge in [-0.05, 0) is 58.7 Å². The molecule has 3 rings (SSSR count). The molecule has 0 saturated heterocycles. The molecule has 2 aromatic rings. The van der Waals surface area contributed by atoms with Gasteiger partial charge in [-0.25, -0.2) is 5.43 Å². The van der Waals surface area contributed by atoms with Crippen LogP contribution in [0.2, 0.25) is 5.02 Å². The first-order chi connectivity index (χ1) is 12.0. The summed E-state index contributed by atoms with van der Waals surface area (Å²) in [4.78, 5) is 11.8.